The molecular weight excluding hydrogens is 430 g/mol. The quantitative estimate of drug-likeness (QED) is 0.439. The second-order valence-corrected chi connectivity index (χ2v) is 8.01. The van der Waals surface area contributed by atoms with Crippen LogP contribution in [-0.4, -0.2) is 20.7 Å². The van der Waals surface area contributed by atoms with Crippen LogP contribution in [0.5, 0.6) is 0 Å². The van der Waals surface area contributed by atoms with Crippen molar-refractivity contribution < 1.29 is 4.79 Å². The van der Waals surface area contributed by atoms with E-state index < -0.39 is 0 Å². The molecule has 4 aromatic rings. The Morgan fingerprint density at radius 2 is 1.84 bits per heavy atom. The fourth-order valence-electron chi connectivity index (χ4n) is 3.40. The first-order chi connectivity index (χ1) is 14.7. The highest BCUT2D eigenvalue weighted by atomic mass is 35.5. The molecule has 2 aromatic heterocycles. The third-order valence-corrected chi connectivity index (χ3v) is 5.81. The van der Waals surface area contributed by atoms with Gasteiger partial charge in [0.2, 0.25) is 5.95 Å². The number of amides is 1. The van der Waals surface area contributed by atoms with Crippen molar-refractivity contribution in [2.75, 3.05) is 10.6 Å². The number of thiophene rings is 1. The van der Waals surface area contributed by atoms with E-state index in [0.29, 0.717) is 10.8 Å². The largest absolute Gasteiger partial charge is 0.324 e. The molecule has 1 amide bonds. The Kier molecular flexibility index (Phi) is 5.88. The second-order valence-electron chi connectivity index (χ2n) is 7.06. The summed E-state index contributed by atoms with van der Waals surface area (Å²) in [4.78, 5) is 17.6. The summed E-state index contributed by atoms with van der Waals surface area (Å²) in [5.74, 6) is 0.648. The molecule has 0 aliphatic carbocycles. The van der Waals surface area contributed by atoms with E-state index in [4.69, 9.17) is 0 Å². The summed E-state index contributed by atoms with van der Waals surface area (Å²) < 4.78 is 1.81. The van der Waals surface area contributed by atoms with Crippen molar-refractivity contribution in [3.05, 3.63) is 99.8 Å². The highest BCUT2D eigenvalue weighted by Gasteiger charge is 2.26. The normalized spacial score (nSPS) is 14.6. The fourth-order valence-corrected chi connectivity index (χ4v) is 4.02. The van der Waals surface area contributed by atoms with Gasteiger partial charge < -0.3 is 5.32 Å². The number of allylic oxidation sites excluding steroid dienone is 1. The molecule has 1 unspecified atom stereocenters. The van der Waals surface area contributed by atoms with Gasteiger partial charge in [0.25, 0.3) is 11.9 Å². The summed E-state index contributed by atoms with van der Waals surface area (Å²) in [5.41, 5.74) is 4.31. The van der Waals surface area contributed by atoms with Crippen LogP contribution in [0.4, 0.5) is 11.9 Å². The van der Waals surface area contributed by atoms with Crippen LogP contribution in [0.2, 0.25) is 0 Å². The lowest BCUT2D eigenvalue weighted by Crippen LogP contribution is -2.20. The maximum Gasteiger partial charge on any atom is 0.268 e. The number of benzene rings is 2. The Morgan fingerprint density at radius 1 is 1.06 bits per heavy atom. The molecule has 0 saturated heterocycles. The summed E-state index contributed by atoms with van der Waals surface area (Å²) in [7, 11) is 0. The van der Waals surface area contributed by atoms with Crippen molar-refractivity contribution >= 4 is 47.2 Å². The van der Waals surface area contributed by atoms with Gasteiger partial charge in [0, 0.05) is 5.70 Å². The Hall–Kier alpha value is -3.42. The molecule has 0 fully saturated rings. The van der Waals surface area contributed by atoms with Crippen LogP contribution >= 0.6 is 23.7 Å². The first-order valence-electron chi connectivity index (χ1n) is 9.59. The van der Waals surface area contributed by atoms with E-state index >= 15 is 0 Å². The average molecular weight is 450 g/mol. The lowest BCUT2D eigenvalue weighted by Gasteiger charge is -2.24. The van der Waals surface area contributed by atoms with E-state index in [9.17, 15) is 4.79 Å². The number of hydrogen-bond acceptors (Lipinski definition) is 5. The van der Waals surface area contributed by atoms with Gasteiger partial charge in [-0.1, -0.05) is 66.2 Å². The monoisotopic (exact) mass is 449 g/mol. The molecule has 0 spiro atoms. The molecule has 0 radical (unpaired) electrons. The molecule has 31 heavy (non-hydrogen) atoms. The topological polar surface area (TPSA) is 71.8 Å². The molecule has 1 aliphatic heterocycles. The number of carbonyl (C=O) groups excluding carboxylic acids is 1. The van der Waals surface area contributed by atoms with E-state index in [1.807, 2.05) is 29.6 Å². The number of halogens is 1. The first-order valence-corrected chi connectivity index (χ1v) is 10.5. The molecule has 5 rings (SSSR count). The van der Waals surface area contributed by atoms with Crippen molar-refractivity contribution in [1.82, 2.24) is 14.8 Å². The molecule has 8 heteroatoms. The van der Waals surface area contributed by atoms with Gasteiger partial charge in [-0.2, -0.15) is 4.98 Å². The highest BCUT2D eigenvalue weighted by Crippen LogP contribution is 2.33. The number of aryl methyl sites for hydroxylation is 1. The summed E-state index contributed by atoms with van der Waals surface area (Å²) in [6.07, 6.45) is 2.13. The Balaban J connectivity index is 0.00000231. The van der Waals surface area contributed by atoms with E-state index in [0.717, 1.165) is 16.8 Å². The van der Waals surface area contributed by atoms with Gasteiger partial charge in [-0.05, 0) is 35.6 Å². The van der Waals surface area contributed by atoms with Crippen LogP contribution in [0.3, 0.4) is 0 Å². The third kappa shape index (κ3) is 4.23. The van der Waals surface area contributed by atoms with Gasteiger partial charge in [-0.3, -0.25) is 10.1 Å². The molecule has 6 nitrogen and oxygen atoms in total. The second kappa shape index (κ2) is 8.75. The number of nitrogens with zero attached hydrogens (tertiary/aromatic N) is 3. The SMILES string of the molecule is Cc1ccc(C2C=C(c3ccccc3)Nc3nc(NC(=O)c4cccs4)nn32)cc1.Cl. The van der Waals surface area contributed by atoms with Crippen molar-refractivity contribution in [3.63, 3.8) is 0 Å². The van der Waals surface area contributed by atoms with Crippen LogP contribution in [0.25, 0.3) is 5.70 Å². The number of rotatable bonds is 4. The summed E-state index contributed by atoms with van der Waals surface area (Å²) in [6, 6.07) is 22.0. The standard InChI is InChI=1S/C23H19N5OS.ClH/c1-15-9-11-17(12-10-15)19-14-18(16-6-3-2-4-7-16)24-23-26-22(27-28(19)23)25-21(29)20-8-5-13-30-20;/h2-14,19H,1H3,(H2,24,25,26,27,29);1H. The minimum atomic E-state index is -0.212. The van der Waals surface area contributed by atoms with Crippen LogP contribution in [-0.2, 0) is 0 Å². The summed E-state index contributed by atoms with van der Waals surface area (Å²) in [6.45, 7) is 2.07. The van der Waals surface area contributed by atoms with E-state index in [1.165, 1.54) is 16.9 Å². The Labute approximate surface area is 190 Å². The third-order valence-electron chi connectivity index (χ3n) is 4.94. The fraction of sp³-hybridized carbons (Fsp3) is 0.0870. The number of fused-ring (bicyclic) bond motifs is 1. The van der Waals surface area contributed by atoms with Gasteiger partial charge in [-0.15, -0.1) is 28.8 Å². The van der Waals surface area contributed by atoms with Gasteiger partial charge in [0.1, 0.15) is 6.04 Å². The number of carbonyl (C=O) groups is 1. The van der Waals surface area contributed by atoms with Crippen LogP contribution in [0, 0.1) is 6.92 Å². The molecule has 2 aromatic carbocycles. The molecule has 2 N–H and O–H groups in total. The maximum atomic E-state index is 12.4. The number of anilines is 2. The summed E-state index contributed by atoms with van der Waals surface area (Å²) in [5, 5.41) is 12.6. The molecule has 1 aliphatic rings. The van der Waals surface area contributed by atoms with Crippen molar-refractivity contribution in [2.24, 2.45) is 0 Å². The van der Waals surface area contributed by atoms with E-state index in [-0.39, 0.29) is 30.3 Å². The predicted octanol–water partition coefficient (Wildman–Crippen LogP) is 5.38. The molecule has 0 bridgehead atoms. The maximum absolute atomic E-state index is 12.4. The summed E-state index contributed by atoms with van der Waals surface area (Å²) >= 11 is 1.38. The van der Waals surface area contributed by atoms with Crippen molar-refractivity contribution in [3.8, 4) is 0 Å². The highest BCUT2D eigenvalue weighted by molar-refractivity contribution is 7.12. The minimum absolute atomic E-state index is 0. The molecule has 0 saturated carbocycles. The van der Waals surface area contributed by atoms with Gasteiger partial charge >= 0.3 is 0 Å². The Bertz CT molecular complexity index is 1220. The Morgan fingerprint density at radius 3 is 2.55 bits per heavy atom. The van der Waals surface area contributed by atoms with Crippen LogP contribution in [0.1, 0.15) is 32.4 Å². The molecular formula is C23H20ClN5OS. The lowest BCUT2D eigenvalue weighted by molar-refractivity contribution is 0.102. The predicted molar refractivity (Wildman–Crippen MR) is 127 cm³/mol. The first kappa shape index (κ1) is 20.8. The molecule has 1 atom stereocenters. The zero-order valence-corrected chi connectivity index (χ0v) is 18.3. The van der Waals surface area contributed by atoms with Crippen molar-refractivity contribution in [1.29, 1.82) is 0 Å². The van der Waals surface area contributed by atoms with Gasteiger partial charge in [-0.25, -0.2) is 4.68 Å². The van der Waals surface area contributed by atoms with E-state index in [2.05, 4.69) is 70.1 Å². The molecule has 3 heterocycles. The average Bonchev–Trinajstić information content (AvgIpc) is 3.44. The van der Waals surface area contributed by atoms with E-state index in [1.54, 1.807) is 10.7 Å². The lowest BCUT2D eigenvalue weighted by atomic mass is 10.0. The van der Waals surface area contributed by atoms with Crippen molar-refractivity contribution in [2.45, 2.75) is 13.0 Å². The molecule has 156 valence electrons. The van der Waals surface area contributed by atoms with Crippen LogP contribution in [0.15, 0.2) is 78.2 Å². The number of nitrogens with one attached hydrogen (secondary N) is 2. The number of hydrogen-bond donors (Lipinski definition) is 2. The zero-order chi connectivity index (χ0) is 20.5. The zero-order valence-electron chi connectivity index (χ0n) is 16.6. The number of aromatic nitrogens is 3. The van der Waals surface area contributed by atoms with Gasteiger partial charge in [0.05, 0.1) is 4.88 Å². The minimum Gasteiger partial charge on any atom is -0.324 e. The van der Waals surface area contributed by atoms with Gasteiger partial charge in [0.15, 0.2) is 0 Å². The smallest absolute Gasteiger partial charge is 0.268 e. The van der Waals surface area contributed by atoms with Crippen LogP contribution < -0.4 is 10.6 Å².